The van der Waals surface area contributed by atoms with Crippen LogP contribution in [0.5, 0.6) is 0 Å². The lowest BCUT2D eigenvalue weighted by molar-refractivity contribution is -0.140. The number of rotatable bonds is 5. The molecule has 4 amide bonds. The molecule has 7 heteroatoms. The first-order chi connectivity index (χ1) is 12.0. The van der Waals surface area contributed by atoms with Crippen molar-refractivity contribution in [2.45, 2.75) is 19.8 Å². The highest BCUT2D eigenvalue weighted by Gasteiger charge is 2.31. The third-order valence-electron chi connectivity index (χ3n) is 4.39. The lowest BCUT2D eigenvalue weighted by atomic mass is 9.96. The smallest absolute Gasteiger partial charge is 0.321 e. The molecule has 1 heterocycles. The molecule has 0 bridgehead atoms. The maximum absolute atomic E-state index is 12.7. The van der Waals surface area contributed by atoms with Crippen LogP contribution in [-0.2, 0) is 9.59 Å². The number of carbonyl (C=O) groups is 3. The number of likely N-dealkylation sites (N-methyl/N-ethyl adjacent to an activating group) is 2. The highest BCUT2D eigenvalue weighted by molar-refractivity contribution is 5.90. The third kappa shape index (κ3) is 5.20. The predicted molar refractivity (Wildman–Crippen MR) is 96.1 cm³/mol. The largest absolute Gasteiger partial charge is 0.358 e. The molecule has 0 radical (unpaired) electrons. The Kier molecular flexibility index (Phi) is 6.80. The minimum atomic E-state index is -0.264. The van der Waals surface area contributed by atoms with Crippen molar-refractivity contribution in [2.24, 2.45) is 5.92 Å². The Morgan fingerprint density at radius 1 is 1.24 bits per heavy atom. The van der Waals surface area contributed by atoms with E-state index in [0.717, 1.165) is 18.5 Å². The Balaban J connectivity index is 1.95. The fraction of sp³-hybridized carbons (Fsp3) is 0.500. The van der Waals surface area contributed by atoms with Gasteiger partial charge in [0.05, 0.1) is 12.5 Å². The summed E-state index contributed by atoms with van der Waals surface area (Å²) in [7, 11) is 1.55. The monoisotopic (exact) mass is 346 g/mol. The molecular weight excluding hydrogens is 320 g/mol. The van der Waals surface area contributed by atoms with Crippen molar-refractivity contribution in [1.29, 1.82) is 0 Å². The lowest BCUT2D eigenvalue weighted by Crippen LogP contribution is -2.49. The van der Waals surface area contributed by atoms with Gasteiger partial charge in [-0.1, -0.05) is 18.2 Å². The van der Waals surface area contributed by atoms with E-state index in [1.54, 1.807) is 16.8 Å². The molecule has 1 aliphatic rings. The summed E-state index contributed by atoms with van der Waals surface area (Å²) < 4.78 is 0. The Hall–Kier alpha value is -2.57. The normalized spacial score (nSPS) is 16.9. The van der Waals surface area contributed by atoms with Crippen molar-refractivity contribution in [3.8, 4) is 0 Å². The van der Waals surface area contributed by atoms with Crippen LogP contribution in [-0.4, -0.2) is 60.9 Å². The first-order valence-electron chi connectivity index (χ1n) is 8.65. The summed E-state index contributed by atoms with van der Waals surface area (Å²) in [6.07, 6.45) is 1.51. The maximum atomic E-state index is 12.7. The molecule has 1 aliphatic heterocycles. The number of benzene rings is 1. The SMILES string of the molecule is CCN(CC(=O)NC)C(=O)C1CCCN(C(=O)Nc2ccccc2)C1. The third-order valence-corrected chi connectivity index (χ3v) is 4.39. The topological polar surface area (TPSA) is 81.8 Å². The van der Waals surface area contributed by atoms with E-state index in [1.807, 2.05) is 37.3 Å². The summed E-state index contributed by atoms with van der Waals surface area (Å²) in [4.78, 5) is 39.9. The number of likely N-dealkylation sites (tertiary alicyclic amines) is 1. The summed E-state index contributed by atoms with van der Waals surface area (Å²) >= 11 is 0. The second kappa shape index (κ2) is 9.05. The van der Waals surface area contributed by atoms with E-state index in [2.05, 4.69) is 10.6 Å². The Labute approximate surface area is 148 Å². The lowest BCUT2D eigenvalue weighted by Gasteiger charge is -2.34. The van der Waals surface area contributed by atoms with Gasteiger partial charge in [0.1, 0.15) is 0 Å². The van der Waals surface area contributed by atoms with Crippen molar-refractivity contribution in [1.82, 2.24) is 15.1 Å². The molecule has 25 heavy (non-hydrogen) atoms. The van der Waals surface area contributed by atoms with Crippen LogP contribution in [0, 0.1) is 5.92 Å². The van der Waals surface area contributed by atoms with Crippen molar-refractivity contribution in [2.75, 3.05) is 38.5 Å². The standard InChI is InChI=1S/C18H26N4O3/c1-3-21(13-16(23)19-2)17(24)14-8-7-11-22(12-14)18(25)20-15-9-5-4-6-10-15/h4-6,9-10,14H,3,7-8,11-13H2,1-2H3,(H,19,23)(H,20,25). The molecule has 1 saturated heterocycles. The van der Waals surface area contributed by atoms with Crippen molar-refractivity contribution >= 4 is 23.5 Å². The Morgan fingerprint density at radius 3 is 2.60 bits per heavy atom. The molecule has 136 valence electrons. The summed E-state index contributed by atoms with van der Waals surface area (Å²) in [5.41, 5.74) is 0.732. The number of hydrogen-bond acceptors (Lipinski definition) is 3. The van der Waals surface area contributed by atoms with Gasteiger partial charge in [-0.15, -0.1) is 0 Å². The highest BCUT2D eigenvalue weighted by atomic mass is 16.2. The van der Waals surface area contributed by atoms with Crippen LogP contribution in [0.4, 0.5) is 10.5 Å². The van der Waals surface area contributed by atoms with Crippen LogP contribution < -0.4 is 10.6 Å². The minimum absolute atomic E-state index is 0.0541. The quantitative estimate of drug-likeness (QED) is 0.848. The molecule has 0 aliphatic carbocycles. The Morgan fingerprint density at radius 2 is 1.96 bits per heavy atom. The zero-order chi connectivity index (χ0) is 18.2. The number of anilines is 1. The second-order valence-corrected chi connectivity index (χ2v) is 6.11. The van der Waals surface area contributed by atoms with Gasteiger partial charge in [0, 0.05) is 32.4 Å². The number of piperidine rings is 1. The molecule has 2 rings (SSSR count). The molecular formula is C18H26N4O3. The van der Waals surface area contributed by atoms with Gasteiger partial charge in [0.25, 0.3) is 0 Å². The van der Waals surface area contributed by atoms with Crippen LogP contribution in [0.25, 0.3) is 0 Å². The zero-order valence-corrected chi connectivity index (χ0v) is 14.8. The number of hydrogen-bond donors (Lipinski definition) is 2. The van der Waals surface area contributed by atoms with Crippen molar-refractivity contribution < 1.29 is 14.4 Å². The van der Waals surface area contributed by atoms with Crippen LogP contribution >= 0.6 is 0 Å². The fourth-order valence-corrected chi connectivity index (χ4v) is 2.94. The van der Waals surface area contributed by atoms with Gasteiger partial charge < -0.3 is 20.4 Å². The maximum Gasteiger partial charge on any atom is 0.321 e. The molecule has 1 atom stereocenters. The summed E-state index contributed by atoms with van der Waals surface area (Å²) in [6.45, 7) is 3.38. The average molecular weight is 346 g/mol. The van der Waals surface area contributed by atoms with E-state index in [1.165, 1.54) is 0 Å². The highest BCUT2D eigenvalue weighted by Crippen LogP contribution is 2.20. The van der Waals surface area contributed by atoms with Gasteiger partial charge >= 0.3 is 6.03 Å². The number of amides is 4. The first-order valence-corrected chi connectivity index (χ1v) is 8.65. The number of urea groups is 1. The van der Waals surface area contributed by atoms with Gasteiger partial charge in [0.2, 0.25) is 11.8 Å². The molecule has 2 N–H and O–H groups in total. The van der Waals surface area contributed by atoms with Crippen LogP contribution in [0.2, 0.25) is 0 Å². The summed E-state index contributed by atoms with van der Waals surface area (Å²) in [5.74, 6) is -0.520. The average Bonchev–Trinajstić information content (AvgIpc) is 2.66. The first kappa shape index (κ1) is 18.8. The minimum Gasteiger partial charge on any atom is -0.358 e. The van der Waals surface area contributed by atoms with Gasteiger partial charge in [-0.25, -0.2) is 4.79 Å². The number of carbonyl (C=O) groups excluding carboxylic acids is 3. The number of nitrogens with zero attached hydrogens (tertiary/aromatic N) is 2. The second-order valence-electron chi connectivity index (χ2n) is 6.11. The fourth-order valence-electron chi connectivity index (χ4n) is 2.94. The molecule has 1 aromatic rings. The molecule has 0 spiro atoms. The van der Waals surface area contributed by atoms with E-state index >= 15 is 0 Å². The van der Waals surface area contributed by atoms with Gasteiger partial charge in [-0.2, -0.15) is 0 Å². The Bertz CT molecular complexity index is 606. The van der Waals surface area contributed by atoms with Gasteiger partial charge in [0.15, 0.2) is 0 Å². The van der Waals surface area contributed by atoms with E-state index < -0.39 is 0 Å². The van der Waals surface area contributed by atoms with E-state index in [9.17, 15) is 14.4 Å². The van der Waals surface area contributed by atoms with Crippen molar-refractivity contribution in [3.05, 3.63) is 30.3 Å². The molecule has 1 aromatic carbocycles. The number of nitrogens with one attached hydrogen (secondary N) is 2. The van der Waals surface area contributed by atoms with Crippen LogP contribution in [0.1, 0.15) is 19.8 Å². The molecule has 1 unspecified atom stereocenters. The zero-order valence-electron chi connectivity index (χ0n) is 14.8. The predicted octanol–water partition coefficient (Wildman–Crippen LogP) is 1.52. The van der Waals surface area contributed by atoms with Crippen molar-refractivity contribution in [3.63, 3.8) is 0 Å². The van der Waals surface area contributed by atoms with Crippen LogP contribution in [0.3, 0.4) is 0 Å². The van der Waals surface area contributed by atoms with E-state index in [4.69, 9.17) is 0 Å². The van der Waals surface area contributed by atoms with E-state index in [-0.39, 0.29) is 30.3 Å². The summed E-state index contributed by atoms with van der Waals surface area (Å²) in [6, 6.07) is 9.06. The molecule has 0 saturated carbocycles. The number of para-hydroxylation sites is 1. The molecule has 7 nitrogen and oxygen atoms in total. The van der Waals surface area contributed by atoms with Gasteiger partial charge in [-0.05, 0) is 31.9 Å². The molecule has 0 aromatic heterocycles. The van der Waals surface area contributed by atoms with Crippen LogP contribution in [0.15, 0.2) is 30.3 Å². The van der Waals surface area contributed by atoms with Gasteiger partial charge in [-0.3, -0.25) is 9.59 Å². The molecule has 1 fully saturated rings. The summed E-state index contributed by atoms with van der Waals surface area (Å²) in [5, 5.41) is 5.39. The van der Waals surface area contributed by atoms with E-state index in [0.29, 0.717) is 19.6 Å².